The van der Waals surface area contributed by atoms with Crippen LogP contribution in [0.4, 0.5) is 11.4 Å². The first-order valence-corrected chi connectivity index (χ1v) is 8.59. The van der Waals surface area contributed by atoms with Crippen LogP contribution >= 0.6 is 0 Å². The van der Waals surface area contributed by atoms with Gasteiger partial charge < -0.3 is 9.90 Å². The molecule has 8 heteroatoms. The molecule has 1 aromatic rings. The van der Waals surface area contributed by atoms with Crippen LogP contribution in [0.2, 0.25) is 0 Å². The molecule has 0 radical (unpaired) electrons. The second-order valence-electron chi connectivity index (χ2n) is 6.19. The Kier molecular flexibility index (Phi) is 7.89. The van der Waals surface area contributed by atoms with Gasteiger partial charge in [0.05, 0.1) is 15.8 Å². The van der Waals surface area contributed by atoms with Gasteiger partial charge in [0.15, 0.2) is 0 Å². The number of rotatable bonds is 10. The van der Waals surface area contributed by atoms with Crippen molar-refractivity contribution in [3.63, 3.8) is 0 Å². The number of nitro groups is 2. The minimum absolute atomic E-state index is 0.115. The summed E-state index contributed by atoms with van der Waals surface area (Å²) in [6.45, 7) is 5.28. The quantitative estimate of drug-likeness (QED) is 0.270. The number of carboxylic acid groups (broad SMARTS) is 1. The third-order valence-corrected chi connectivity index (χ3v) is 4.35. The molecule has 1 rings (SSSR count). The zero-order chi connectivity index (χ0) is 19.9. The van der Waals surface area contributed by atoms with Gasteiger partial charge in [0, 0.05) is 17.7 Å². The van der Waals surface area contributed by atoms with Crippen LogP contribution in [-0.4, -0.2) is 15.8 Å². The lowest BCUT2D eigenvalue weighted by Gasteiger charge is -2.15. The molecule has 0 aliphatic carbocycles. The van der Waals surface area contributed by atoms with E-state index in [4.69, 9.17) is 0 Å². The van der Waals surface area contributed by atoms with Crippen LogP contribution in [-0.2, 0) is 4.79 Å². The summed E-state index contributed by atoms with van der Waals surface area (Å²) in [5.41, 5.74) is -1.81. The summed E-state index contributed by atoms with van der Waals surface area (Å²) in [4.78, 5) is 32.6. The first kappa shape index (κ1) is 21.3. The van der Waals surface area contributed by atoms with Crippen molar-refractivity contribution in [1.29, 1.82) is 0 Å². The summed E-state index contributed by atoms with van der Waals surface area (Å²) in [6, 6.07) is 2.47. The van der Waals surface area contributed by atoms with Gasteiger partial charge in [0.2, 0.25) is 0 Å². The fourth-order valence-corrected chi connectivity index (χ4v) is 2.89. The number of nitro benzene ring substituents is 2. The van der Waals surface area contributed by atoms with E-state index < -0.39 is 38.3 Å². The number of benzene rings is 1. The van der Waals surface area contributed by atoms with Crippen molar-refractivity contribution in [3.05, 3.63) is 49.6 Å². The van der Waals surface area contributed by atoms with Crippen molar-refractivity contribution in [3.8, 4) is 0 Å². The number of carboxylic acids is 1. The fourth-order valence-electron chi connectivity index (χ4n) is 2.89. The molecule has 0 aliphatic rings. The predicted octanol–water partition coefficient (Wildman–Crippen LogP) is 3.73. The zero-order valence-electron chi connectivity index (χ0n) is 15.2. The lowest BCUT2D eigenvalue weighted by Crippen LogP contribution is -2.24. The number of carbonyl (C=O) groups excluding carboxylic acids is 1. The van der Waals surface area contributed by atoms with E-state index in [1.807, 2.05) is 6.92 Å². The summed E-state index contributed by atoms with van der Waals surface area (Å²) in [7, 11) is 0. The molecule has 142 valence electrons. The van der Waals surface area contributed by atoms with Crippen LogP contribution in [0.1, 0.15) is 69.9 Å². The Bertz CT molecular complexity index is 691. The Labute approximate surface area is 151 Å². The Morgan fingerprint density at radius 3 is 2.04 bits per heavy atom. The molecule has 0 aliphatic heterocycles. The smallest absolute Gasteiger partial charge is 0.284 e. The second-order valence-corrected chi connectivity index (χ2v) is 6.19. The average molecular weight is 363 g/mol. The molecule has 0 aromatic heterocycles. The van der Waals surface area contributed by atoms with Crippen molar-refractivity contribution < 1.29 is 19.7 Å². The number of hydrogen-bond acceptors (Lipinski definition) is 6. The molecule has 1 unspecified atom stereocenters. The maximum atomic E-state index is 11.5. The number of allylic oxidation sites excluding steroid dienone is 1. The van der Waals surface area contributed by atoms with E-state index in [0.717, 1.165) is 38.2 Å². The van der Waals surface area contributed by atoms with E-state index in [0.29, 0.717) is 5.56 Å². The number of aliphatic carboxylic acids is 1. The number of unbranched alkanes of at least 4 members (excludes halogenated alkanes) is 3. The summed E-state index contributed by atoms with van der Waals surface area (Å²) in [5.74, 6) is -1.81. The minimum Gasteiger partial charge on any atom is -0.545 e. The average Bonchev–Trinajstić information content (AvgIpc) is 2.58. The Morgan fingerprint density at radius 2 is 1.65 bits per heavy atom. The molecule has 0 heterocycles. The van der Waals surface area contributed by atoms with Crippen molar-refractivity contribution in [2.24, 2.45) is 0 Å². The van der Waals surface area contributed by atoms with Gasteiger partial charge in [-0.1, -0.05) is 45.6 Å². The van der Waals surface area contributed by atoms with Gasteiger partial charge in [-0.05, 0) is 24.8 Å². The summed E-state index contributed by atoms with van der Waals surface area (Å²) < 4.78 is 0. The molecular formula is C18H23N2O6-. The van der Waals surface area contributed by atoms with E-state index in [9.17, 15) is 30.1 Å². The van der Waals surface area contributed by atoms with Crippen molar-refractivity contribution >= 4 is 22.9 Å². The predicted molar refractivity (Wildman–Crippen MR) is 95.6 cm³/mol. The molecule has 0 spiro atoms. The van der Waals surface area contributed by atoms with E-state index in [1.54, 1.807) is 0 Å². The number of hydrogen-bond donors (Lipinski definition) is 0. The zero-order valence-corrected chi connectivity index (χ0v) is 15.2. The van der Waals surface area contributed by atoms with Gasteiger partial charge in [-0.3, -0.25) is 20.2 Å². The molecule has 0 N–H and O–H groups in total. The lowest BCUT2D eigenvalue weighted by atomic mass is 9.90. The highest BCUT2D eigenvalue weighted by Crippen LogP contribution is 2.38. The van der Waals surface area contributed by atoms with Gasteiger partial charge in [-0.2, -0.15) is 0 Å². The fraction of sp³-hybridized carbons (Fsp3) is 0.500. The molecular weight excluding hydrogens is 340 g/mol. The molecule has 0 saturated carbocycles. The van der Waals surface area contributed by atoms with E-state index in [-0.39, 0.29) is 5.92 Å². The highest BCUT2D eigenvalue weighted by Gasteiger charge is 2.30. The summed E-state index contributed by atoms with van der Waals surface area (Å²) in [5, 5.41) is 34.2. The van der Waals surface area contributed by atoms with E-state index in [1.165, 1.54) is 19.1 Å². The van der Waals surface area contributed by atoms with E-state index in [2.05, 4.69) is 6.92 Å². The molecule has 8 nitrogen and oxygen atoms in total. The molecule has 0 saturated heterocycles. The molecule has 26 heavy (non-hydrogen) atoms. The number of nitrogens with zero attached hydrogens (tertiary/aromatic N) is 2. The third-order valence-electron chi connectivity index (χ3n) is 4.35. The van der Waals surface area contributed by atoms with Gasteiger partial charge in [0.1, 0.15) is 5.56 Å². The van der Waals surface area contributed by atoms with Crippen molar-refractivity contribution in [1.82, 2.24) is 0 Å². The molecule has 0 amide bonds. The lowest BCUT2D eigenvalue weighted by molar-refractivity contribution is -0.394. The highest BCUT2D eigenvalue weighted by atomic mass is 16.6. The van der Waals surface area contributed by atoms with Gasteiger partial charge in [0.25, 0.3) is 11.4 Å². The third kappa shape index (κ3) is 5.11. The summed E-state index contributed by atoms with van der Waals surface area (Å²) in [6.07, 6.45) is 5.91. The topological polar surface area (TPSA) is 126 Å². The first-order chi connectivity index (χ1) is 12.2. The minimum atomic E-state index is -1.70. The van der Waals surface area contributed by atoms with Crippen LogP contribution in [0, 0.1) is 20.2 Å². The normalized spacial score (nSPS) is 12.7. The Morgan fingerprint density at radius 1 is 1.12 bits per heavy atom. The Balaban J connectivity index is 3.44. The Hall–Kier alpha value is -2.77. The van der Waals surface area contributed by atoms with Crippen LogP contribution in [0.15, 0.2) is 18.2 Å². The van der Waals surface area contributed by atoms with Crippen molar-refractivity contribution in [2.75, 3.05) is 0 Å². The van der Waals surface area contributed by atoms with Crippen LogP contribution in [0.3, 0.4) is 0 Å². The molecule has 0 fully saturated rings. The summed E-state index contributed by atoms with van der Waals surface area (Å²) >= 11 is 0. The van der Waals surface area contributed by atoms with Crippen LogP contribution < -0.4 is 5.11 Å². The first-order valence-electron chi connectivity index (χ1n) is 8.59. The maximum Gasteiger partial charge on any atom is 0.284 e. The van der Waals surface area contributed by atoms with E-state index >= 15 is 0 Å². The molecule has 1 aromatic carbocycles. The van der Waals surface area contributed by atoms with Crippen molar-refractivity contribution in [2.45, 2.75) is 58.8 Å². The largest absolute Gasteiger partial charge is 0.545 e. The standard InChI is InChI=1S/C18H24N2O6/c1-4-6-7-8-9-12(3)13-10-15(19(23)24)17(14(5-2)18(21)22)16(11-13)20(25)26/h5,10-12H,4,6-9H2,1-3H3,(H,21,22)/p-1. The van der Waals surface area contributed by atoms with Crippen LogP contribution in [0.5, 0.6) is 0 Å². The van der Waals surface area contributed by atoms with Crippen LogP contribution in [0.25, 0.3) is 5.57 Å². The maximum absolute atomic E-state index is 11.5. The monoisotopic (exact) mass is 363 g/mol. The van der Waals surface area contributed by atoms with Gasteiger partial charge in [-0.25, -0.2) is 0 Å². The number of carbonyl (C=O) groups is 1. The molecule has 1 atom stereocenters. The molecule has 0 bridgehead atoms. The van der Waals surface area contributed by atoms with Gasteiger partial charge >= 0.3 is 0 Å². The van der Waals surface area contributed by atoms with Gasteiger partial charge in [-0.15, -0.1) is 0 Å². The highest BCUT2D eigenvalue weighted by molar-refractivity contribution is 6.17. The SMILES string of the molecule is CC=C(C(=O)[O-])c1c([N+](=O)[O-])cc(C(C)CCCCCC)cc1[N+](=O)[O-]. The second kappa shape index (κ2) is 9.65.